The van der Waals surface area contributed by atoms with Crippen LogP contribution < -0.4 is 4.42 Å². The standard InChI is InChI=1S/C14H11Cl2N3O2/c1-8-12(14(20)21)13(9-3-2-4-10(15)7-9)19-11(18(8)16)5-6-17-19/h2-7,13H,1H3,(H,20,21). The van der Waals surface area contributed by atoms with Crippen LogP contribution >= 0.6 is 23.4 Å². The molecule has 0 spiro atoms. The Morgan fingerprint density at radius 2 is 2.14 bits per heavy atom. The second-order valence-electron chi connectivity index (χ2n) is 4.68. The topological polar surface area (TPSA) is 58.4 Å². The molecule has 0 saturated heterocycles. The summed E-state index contributed by atoms with van der Waals surface area (Å²) in [4.78, 5) is 11.7. The van der Waals surface area contributed by atoms with Crippen molar-refractivity contribution in [2.24, 2.45) is 0 Å². The van der Waals surface area contributed by atoms with E-state index in [1.54, 1.807) is 42.1 Å². The number of carbonyl (C=O) groups is 1. The minimum atomic E-state index is -1.04. The van der Waals surface area contributed by atoms with Crippen molar-refractivity contribution in [3.8, 4) is 0 Å². The van der Waals surface area contributed by atoms with Gasteiger partial charge in [-0.1, -0.05) is 23.7 Å². The first kappa shape index (κ1) is 14.0. The van der Waals surface area contributed by atoms with E-state index in [4.69, 9.17) is 23.4 Å². The van der Waals surface area contributed by atoms with Gasteiger partial charge in [-0.05, 0) is 24.6 Å². The third kappa shape index (κ3) is 2.18. The lowest BCUT2D eigenvalue weighted by Gasteiger charge is -2.31. The number of anilines is 1. The molecule has 1 aliphatic heterocycles. The van der Waals surface area contributed by atoms with Crippen molar-refractivity contribution in [3.05, 3.63) is 58.4 Å². The van der Waals surface area contributed by atoms with Crippen LogP contribution in [0.4, 0.5) is 5.82 Å². The number of allylic oxidation sites excluding steroid dienone is 1. The summed E-state index contributed by atoms with van der Waals surface area (Å²) >= 11 is 12.2. The molecule has 7 heteroatoms. The number of carboxylic acids is 1. The molecule has 0 aliphatic carbocycles. The van der Waals surface area contributed by atoms with Crippen molar-refractivity contribution in [1.29, 1.82) is 0 Å². The molecule has 0 radical (unpaired) electrons. The summed E-state index contributed by atoms with van der Waals surface area (Å²) in [6.45, 7) is 1.67. The number of aromatic nitrogens is 2. The van der Waals surface area contributed by atoms with Crippen LogP contribution in [0.5, 0.6) is 0 Å². The van der Waals surface area contributed by atoms with Crippen LogP contribution in [0, 0.1) is 0 Å². The number of hydrogen-bond acceptors (Lipinski definition) is 3. The van der Waals surface area contributed by atoms with Gasteiger partial charge in [0.1, 0.15) is 11.9 Å². The Bertz CT molecular complexity index is 754. The molecule has 5 nitrogen and oxygen atoms in total. The first-order valence-corrected chi connectivity index (χ1v) is 6.91. The zero-order valence-electron chi connectivity index (χ0n) is 11.0. The predicted molar refractivity (Wildman–Crippen MR) is 80.5 cm³/mol. The van der Waals surface area contributed by atoms with Gasteiger partial charge in [0, 0.05) is 28.6 Å². The average Bonchev–Trinajstić information content (AvgIpc) is 2.91. The molecule has 0 saturated carbocycles. The molecule has 0 amide bonds. The molecule has 2 aromatic rings. The molecule has 0 bridgehead atoms. The highest BCUT2D eigenvalue weighted by molar-refractivity contribution is 6.30. The lowest BCUT2D eigenvalue weighted by Crippen LogP contribution is -2.31. The van der Waals surface area contributed by atoms with Crippen molar-refractivity contribution in [2.75, 3.05) is 4.42 Å². The Balaban J connectivity index is 2.26. The molecule has 1 aliphatic rings. The highest BCUT2D eigenvalue weighted by Gasteiger charge is 2.35. The van der Waals surface area contributed by atoms with Crippen molar-refractivity contribution in [2.45, 2.75) is 13.0 Å². The summed E-state index contributed by atoms with van der Waals surface area (Å²) in [5.41, 5.74) is 1.37. The van der Waals surface area contributed by atoms with Crippen molar-refractivity contribution < 1.29 is 9.90 Å². The normalized spacial score (nSPS) is 17.9. The van der Waals surface area contributed by atoms with Gasteiger partial charge in [-0.25, -0.2) is 13.9 Å². The van der Waals surface area contributed by atoms with E-state index in [0.29, 0.717) is 16.5 Å². The lowest BCUT2D eigenvalue weighted by molar-refractivity contribution is -0.133. The van der Waals surface area contributed by atoms with Crippen LogP contribution in [-0.4, -0.2) is 20.9 Å². The summed E-state index contributed by atoms with van der Waals surface area (Å²) in [6, 6.07) is 8.24. The lowest BCUT2D eigenvalue weighted by atomic mass is 9.96. The minimum absolute atomic E-state index is 0.170. The van der Waals surface area contributed by atoms with E-state index in [-0.39, 0.29) is 5.57 Å². The fourth-order valence-corrected chi connectivity index (χ4v) is 2.94. The third-order valence-corrected chi connectivity index (χ3v) is 4.11. The fourth-order valence-electron chi connectivity index (χ4n) is 2.52. The van der Waals surface area contributed by atoms with Gasteiger partial charge in [0.15, 0.2) is 0 Å². The number of hydrogen-bond donors (Lipinski definition) is 1. The number of nitrogens with zero attached hydrogens (tertiary/aromatic N) is 3. The zero-order valence-corrected chi connectivity index (χ0v) is 12.5. The molecule has 1 N–H and O–H groups in total. The Morgan fingerprint density at radius 3 is 2.81 bits per heavy atom. The SMILES string of the molecule is CC1=C(C(=O)O)C(c2cccc(Cl)c2)n2nccc2N1Cl. The molecule has 3 rings (SSSR count). The Morgan fingerprint density at radius 1 is 1.38 bits per heavy atom. The van der Waals surface area contributed by atoms with E-state index in [0.717, 1.165) is 5.56 Å². The number of benzene rings is 1. The highest BCUT2D eigenvalue weighted by Crippen LogP contribution is 2.40. The van der Waals surface area contributed by atoms with Gasteiger partial charge >= 0.3 is 5.97 Å². The van der Waals surface area contributed by atoms with Crippen molar-refractivity contribution in [1.82, 2.24) is 9.78 Å². The smallest absolute Gasteiger partial charge is 0.335 e. The molecule has 21 heavy (non-hydrogen) atoms. The maximum Gasteiger partial charge on any atom is 0.335 e. The number of carboxylic acid groups (broad SMARTS) is 1. The second-order valence-corrected chi connectivity index (χ2v) is 5.45. The molecular formula is C14H11Cl2N3O2. The third-order valence-electron chi connectivity index (χ3n) is 3.45. The van der Waals surface area contributed by atoms with Crippen LogP contribution in [0.1, 0.15) is 18.5 Å². The number of aliphatic carboxylic acids is 1. The summed E-state index contributed by atoms with van der Waals surface area (Å²) in [5, 5.41) is 14.3. The monoisotopic (exact) mass is 323 g/mol. The maximum absolute atomic E-state index is 11.7. The number of halogens is 2. The Kier molecular flexibility index (Phi) is 3.39. The number of fused-ring (bicyclic) bond motifs is 1. The van der Waals surface area contributed by atoms with Gasteiger partial charge in [0.2, 0.25) is 0 Å². The summed E-state index contributed by atoms with van der Waals surface area (Å²) in [6.07, 6.45) is 1.58. The zero-order chi connectivity index (χ0) is 15.1. The minimum Gasteiger partial charge on any atom is -0.478 e. The van der Waals surface area contributed by atoms with Gasteiger partial charge in [-0.2, -0.15) is 5.10 Å². The molecule has 1 aromatic carbocycles. The van der Waals surface area contributed by atoms with Gasteiger partial charge in [0.25, 0.3) is 0 Å². The van der Waals surface area contributed by atoms with E-state index in [1.807, 2.05) is 6.07 Å². The second kappa shape index (κ2) is 5.09. The van der Waals surface area contributed by atoms with E-state index in [2.05, 4.69) is 5.10 Å². The van der Waals surface area contributed by atoms with Gasteiger partial charge in [-0.15, -0.1) is 0 Å². The van der Waals surface area contributed by atoms with E-state index in [1.165, 1.54) is 4.42 Å². The summed E-state index contributed by atoms with van der Waals surface area (Å²) < 4.78 is 2.88. The van der Waals surface area contributed by atoms with E-state index < -0.39 is 12.0 Å². The van der Waals surface area contributed by atoms with Crippen LogP contribution in [0.3, 0.4) is 0 Å². The predicted octanol–water partition coefficient (Wildman–Crippen LogP) is 3.46. The van der Waals surface area contributed by atoms with Crippen LogP contribution in [0.25, 0.3) is 0 Å². The number of rotatable bonds is 2. The molecule has 2 heterocycles. The molecule has 1 aromatic heterocycles. The van der Waals surface area contributed by atoms with Crippen LogP contribution in [-0.2, 0) is 4.79 Å². The van der Waals surface area contributed by atoms with Crippen LogP contribution in [0.15, 0.2) is 47.8 Å². The quantitative estimate of drug-likeness (QED) is 0.860. The van der Waals surface area contributed by atoms with Crippen molar-refractivity contribution >= 4 is 35.2 Å². The molecule has 0 fully saturated rings. The maximum atomic E-state index is 11.7. The first-order chi connectivity index (χ1) is 10.0. The molecule has 1 atom stereocenters. The first-order valence-electron chi connectivity index (χ1n) is 6.19. The van der Waals surface area contributed by atoms with E-state index >= 15 is 0 Å². The van der Waals surface area contributed by atoms with Crippen molar-refractivity contribution in [3.63, 3.8) is 0 Å². The molecular weight excluding hydrogens is 313 g/mol. The average molecular weight is 324 g/mol. The molecule has 1 unspecified atom stereocenters. The van der Waals surface area contributed by atoms with E-state index in [9.17, 15) is 9.90 Å². The largest absolute Gasteiger partial charge is 0.478 e. The Hall–Kier alpha value is -1.98. The Labute approximate surface area is 131 Å². The highest BCUT2D eigenvalue weighted by atomic mass is 35.5. The van der Waals surface area contributed by atoms with Gasteiger partial charge < -0.3 is 5.11 Å². The van der Waals surface area contributed by atoms with Gasteiger partial charge in [0.05, 0.1) is 11.8 Å². The molecule has 108 valence electrons. The fraction of sp³-hybridized carbons (Fsp3) is 0.143. The summed E-state index contributed by atoms with van der Waals surface area (Å²) in [7, 11) is 0. The van der Waals surface area contributed by atoms with Gasteiger partial charge in [-0.3, -0.25) is 0 Å². The van der Waals surface area contributed by atoms with Crippen LogP contribution in [0.2, 0.25) is 5.02 Å². The summed E-state index contributed by atoms with van der Waals surface area (Å²) in [5.74, 6) is -0.423.